The molecule has 0 spiro atoms. The van der Waals surface area contributed by atoms with E-state index >= 15 is 0 Å². The minimum absolute atomic E-state index is 0.0201. The van der Waals surface area contributed by atoms with Gasteiger partial charge in [-0.05, 0) is 58.3 Å². The Balaban J connectivity index is 1.47. The lowest BCUT2D eigenvalue weighted by molar-refractivity contribution is -0.118. The molecule has 2 atom stereocenters. The molecule has 148 valence electrons. The van der Waals surface area contributed by atoms with Crippen LogP contribution in [0.3, 0.4) is 0 Å². The summed E-state index contributed by atoms with van der Waals surface area (Å²) in [6, 6.07) is 9.28. The predicted molar refractivity (Wildman–Crippen MR) is 105 cm³/mol. The SMILES string of the molecule is Cc1c(C(=O)NC2CC(C)N(c3ccccc3)C2=O)nnn1C1CCNCC1. The van der Waals surface area contributed by atoms with Crippen molar-refractivity contribution < 1.29 is 9.59 Å². The summed E-state index contributed by atoms with van der Waals surface area (Å²) in [4.78, 5) is 27.4. The number of aromatic nitrogens is 3. The molecule has 0 aliphatic carbocycles. The van der Waals surface area contributed by atoms with E-state index in [2.05, 4.69) is 20.9 Å². The number of hydrogen-bond donors (Lipinski definition) is 2. The third-order valence-electron chi connectivity index (χ3n) is 5.69. The molecule has 2 aliphatic rings. The van der Waals surface area contributed by atoms with E-state index in [0.717, 1.165) is 37.3 Å². The summed E-state index contributed by atoms with van der Waals surface area (Å²) in [5.74, 6) is -0.423. The van der Waals surface area contributed by atoms with Gasteiger partial charge in [0.15, 0.2) is 5.69 Å². The van der Waals surface area contributed by atoms with E-state index < -0.39 is 6.04 Å². The Bertz CT molecular complexity index is 859. The Labute approximate surface area is 164 Å². The maximum Gasteiger partial charge on any atom is 0.274 e. The second kappa shape index (κ2) is 7.71. The van der Waals surface area contributed by atoms with Crippen LogP contribution in [-0.2, 0) is 4.79 Å². The average Bonchev–Trinajstić information content (AvgIpc) is 3.22. The largest absolute Gasteiger partial charge is 0.339 e. The molecular formula is C20H26N6O2. The third kappa shape index (κ3) is 3.40. The van der Waals surface area contributed by atoms with E-state index in [1.165, 1.54) is 0 Å². The summed E-state index contributed by atoms with van der Waals surface area (Å²) < 4.78 is 1.85. The summed E-state index contributed by atoms with van der Waals surface area (Å²) in [5, 5.41) is 14.5. The van der Waals surface area contributed by atoms with Crippen molar-refractivity contribution in [3.8, 4) is 0 Å². The topological polar surface area (TPSA) is 92.2 Å². The van der Waals surface area contributed by atoms with Crippen molar-refractivity contribution in [2.75, 3.05) is 18.0 Å². The standard InChI is InChI=1S/C20H26N6O2/c1-13-12-17(20(28)25(13)15-6-4-3-5-7-15)22-19(27)18-14(2)26(24-23-18)16-8-10-21-11-9-16/h3-7,13,16-17,21H,8-12H2,1-2H3,(H,22,27). The summed E-state index contributed by atoms with van der Waals surface area (Å²) in [7, 11) is 0. The van der Waals surface area contributed by atoms with Gasteiger partial charge in [0.25, 0.3) is 5.91 Å². The molecule has 1 aromatic carbocycles. The van der Waals surface area contributed by atoms with Crippen molar-refractivity contribution >= 4 is 17.5 Å². The van der Waals surface area contributed by atoms with Gasteiger partial charge in [-0.3, -0.25) is 9.59 Å². The molecule has 2 saturated heterocycles. The molecule has 3 heterocycles. The first-order valence-corrected chi connectivity index (χ1v) is 9.87. The smallest absolute Gasteiger partial charge is 0.274 e. The Morgan fingerprint density at radius 2 is 1.93 bits per heavy atom. The first-order chi connectivity index (χ1) is 13.6. The van der Waals surface area contributed by atoms with Gasteiger partial charge in [-0.15, -0.1) is 5.10 Å². The van der Waals surface area contributed by atoms with Crippen molar-refractivity contribution in [2.45, 2.75) is 51.2 Å². The zero-order valence-corrected chi connectivity index (χ0v) is 16.3. The Morgan fingerprint density at radius 1 is 1.21 bits per heavy atom. The van der Waals surface area contributed by atoms with Crippen molar-refractivity contribution in [3.63, 3.8) is 0 Å². The Morgan fingerprint density at radius 3 is 2.64 bits per heavy atom. The van der Waals surface area contributed by atoms with Gasteiger partial charge in [-0.2, -0.15) is 0 Å². The zero-order chi connectivity index (χ0) is 19.7. The summed E-state index contributed by atoms with van der Waals surface area (Å²) >= 11 is 0. The molecule has 2 amide bonds. The fourth-order valence-electron chi connectivity index (χ4n) is 4.20. The second-order valence-electron chi connectivity index (χ2n) is 7.60. The first-order valence-electron chi connectivity index (χ1n) is 9.87. The second-order valence-corrected chi connectivity index (χ2v) is 7.60. The number of nitrogens with zero attached hydrogens (tertiary/aromatic N) is 4. The Hall–Kier alpha value is -2.74. The molecule has 0 bridgehead atoms. The summed E-state index contributed by atoms with van der Waals surface area (Å²) in [6.45, 7) is 5.74. The summed E-state index contributed by atoms with van der Waals surface area (Å²) in [5.41, 5.74) is 1.91. The highest BCUT2D eigenvalue weighted by Gasteiger charge is 2.39. The van der Waals surface area contributed by atoms with Crippen LogP contribution in [0.4, 0.5) is 5.69 Å². The Kier molecular flexibility index (Phi) is 5.13. The van der Waals surface area contributed by atoms with Gasteiger partial charge in [0.1, 0.15) is 6.04 Å². The minimum atomic E-state index is -0.550. The number of benzene rings is 1. The van der Waals surface area contributed by atoms with Gasteiger partial charge >= 0.3 is 0 Å². The van der Waals surface area contributed by atoms with Crippen molar-refractivity contribution in [2.24, 2.45) is 0 Å². The van der Waals surface area contributed by atoms with Crippen molar-refractivity contribution in [3.05, 3.63) is 41.7 Å². The fraction of sp³-hybridized carbons (Fsp3) is 0.500. The van der Waals surface area contributed by atoms with E-state index in [1.54, 1.807) is 4.90 Å². The monoisotopic (exact) mass is 382 g/mol. The van der Waals surface area contributed by atoms with Gasteiger partial charge in [-0.1, -0.05) is 23.4 Å². The van der Waals surface area contributed by atoms with Crippen LogP contribution in [0.15, 0.2) is 30.3 Å². The number of piperidine rings is 1. The maximum absolute atomic E-state index is 12.9. The van der Waals surface area contributed by atoms with Gasteiger partial charge < -0.3 is 15.5 Å². The molecule has 2 aliphatic heterocycles. The quantitative estimate of drug-likeness (QED) is 0.835. The van der Waals surface area contributed by atoms with Crippen LogP contribution >= 0.6 is 0 Å². The van der Waals surface area contributed by atoms with E-state index in [-0.39, 0.29) is 23.9 Å². The summed E-state index contributed by atoms with van der Waals surface area (Å²) in [6.07, 6.45) is 2.51. The highest BCUT2D eigenvalue weighted by molar-refractivity contribution is 6.04. The number of anilines is 1. The van der Waals surface area contributed by atoms with Gasteiger partial charge in [0.05, 0.1) is 11.7 Å². The number of nitrogens with one attached hydrogen (secondary N) is 2. The fourth-order valence-corrected chi connectivity index (χ4v) is 4.20. The maximum atomic E-state index is 12.9. The molecule has 8 heteroatoms. The number of amides is 2. The van der Waals surface area contributed by atoms with Crippen LogP contribution < -0.4 is 15.5 Å². The normalized spacial score (nSPS) is 23.2. The number of carbonyl (C=O) groups is 2. The number of carbonyl (C=O) groups excluding carboxylic acids is 2. The highest BCUT2D eigenvalue weighted by Crippen LogP contribution is 2.27. The molecular weight excluding hydrogens is 356 g/mol. The predicted octanol–water partition coefficient (Wildman–Crippen LogP) is 1.43. The lowest BCUT2D eigenvalue weighted by Gasteiger charge is -2.23. The van der Waals surface area contributed by atoms with Crippen molar-refractivity contribution in [1.29, 1.82) is 0 Å². The van der Waals surface area contributed by atoms with Crippen LogP contribution in [0.1, 0.15) is 48.4 Å². The van der Waals surface area contributed by atoms with Crippen LogP contribution in [-0.4, -0.2) is 52.0 Å². The third-order valence-corrected chi connectivity index (χ3v) is 5.69. The molecule has 0 radical (unpaired) electrons. The van der Waals surface area contributed by atoms with Crippen LogP contribution in [0.25, 0.3) is 0 Å². The number of rotatable bonds is 4. The van der Waals surface area contributed by atoms with Gasteiger partial charge in [0, 0.05) is 11.7 Å². The van der Waals surface area contributed by atoms with Crippen LogP contribution in [0.5, 0.6) is 0 Å². The van der Waals surface area contributed by atoms with Gasteiger partial charge in [-0.25, -0.2) is 4.68 Å². The number of hydrogen-bond acceptors (Lipinski definition) is 5. The van der Waals surface area contributed by atoms with E-state index in [0.29, 0.717) is 12.1 Å². The minimum Gasteiger partial charge on any atom is -0.339 e. The molecule has 2 N–H and O–H groups in total. The molecule has 4 rings (SSSR count). The van der Waals surface area contributed by atoms with E-state index in [9.17, 15) is 9.59 Å². The molecule has 0 saturated carbocycles. The average molecular weight is 382 g/mol. The molecule has 8 nitrogen and oxygen atoms in total. The first kappa shape index (κ1) is 18.6. The van der Waals surface area contributed by atoms with Crippen LogP contribution in [0.2, 0.25) is 0 Å². The number of para-hydroxylation sites is 1. The molecule has 28 heavy (non-hydrogen) atoms. The van der Waals surface area contributed by atoms with E-state index in [1.807, 2.05) is 48.9 Å². The lowest BCUT2D eigenvalue weighted by atomic mass is 10.1. The lowest BCUT2D eigenvalue weighted by Crippen LogP contribution is -2.42. The highest BCUT2D eigenvalue weighted by atomic mass is 16.2. The van der Waals surface area contributed by atoms with Gasteiger partial charge in [0.2, 0.25) is 5.91 Å². The van der Waals surface area contributed by atoms with Crippen molar-refractivity contribution in [1.82, 2.24) is 25.6 Å². The van der Waals surface area contributed by atoms with Crippen LogP contribution in [0, 0.1) is 6.92 Å². The molecule has 2 fully saturated rings. The zero-order valence-electron chi connectivity index (χ0n) is 16.3. The molecule has 2 unspecified atom stereocenters. The molecule has 2 aromatic rings. The molecule has 1 aromatic heterocycles. The van der Waals surface area contributed by atoms with E-state index in [4.69, 9.17) is 0 Å².